The Morgan fingerprint density at radius 2 is 2.00 bits per heavy atom. The van der Waals surface area contributed by atoms with Crippen molar-refractivity contribution in [1.82, 2.24) is 9.88 Å². The lowest BCUT2D eigenvalue weighted by atomic mass is 10.1. The SMILES string of the molecule is CC(c1ccccc1F)N(C)C(=O)c1cccnc1Cl. The summed E-state index contributed by atoms with van der Waals surface area (Å²) in [4.78, 5) is 17.7. The summed E-state index contributed by atoms with van der Waals surface area (Å²) in [6.07, 6.45) is 1.51. The minimum absolute atomic E-state index is 0.144. The van der Waals surface area contributed by atoms with Crippen LogP contribution in [0.3, 0.4) is 0 Å². The zero-order chi connectivity index (χ0) is 14.7. The van der Waals surface area contributed by atoms with Crippen molar-refractivity contribution in [3.8, 4) is 0 Å². The quantitative estimate of drug-likeness (QED) is 0.808. The molecule has 0 saturated carbocycles. The Kier molecular flexibility index (Phi) is 4.35. The lowest BCUT2D eigenvalue weighted by Crippen LogP contribution is -2.30. The molecular formula is C15H14ClFN2O. The third kappa shape index (κ3) is 2.80. The molecule has 3 nitrogen and oxygen atoms in total. The predicted molar refractivity (Wildman–Crippen MR) is 76.2 cm³/mol. The summed E-state index contributed by atoms with van der Waals surface area (Å²) >= 11 is 5.91. The molecule has 0 spiro atoms. The predicted octanol–water partition coefficient (Wildman–Crippen LogP) is 3.71. The summed E-state index contributed by atoms with van der Waals surface area (Å²) in [6.45, 7) is 1.76. The summed E-state index contributed by atoms with van der Waals surface area (Å²) < 4.78 is 13.8. The van der Waals surface area contributed by atoms with Gasteiger partial charge in [-0.05, 0) is 25.1 Å². The van der Waals surface area contributed by atoms with Crippen LogP contribution < -0.4 is 0 Å². The van der Waals surface area contributed by atoms with Gasteiger partial charge in [0, 0.05) is 18.8 Å². The smallest absolute Gasteiger partial charge is 0.257 e. The molecular weight excluding hydrogens is 279 g/mol. The normalized spacial score (nSPS) is 12.0. The maximum absolute atomic E-state index is 13.8. The van der Waals surface area contributed by atoms with Gasteiger partial charge in [-0.3, -0.25) is 4.79 Å². The molecule has 20 heavy (non-hydrogen) atoms. The summed E-state index contributed by atoms with van der Waals surface area (Å²) in [5.41, 5.74) is 0.767. The van der Waals surface area contributed by atoms with Crippen molar-refractivity contribution < 1.29 is 9.18 Å². The van der Waals surface area contributed by atoms with E-state index in [0.717, 1.165) is 0 Å². The van der Waals surface area contributed by atoms with Crippen LogP contribution in [0, 0.1) is 5.82 Å². The maximum Gasteiger partial charge on any atom is 0.257 e. The molecule has 0 aliphatic heterocycles. The Balaban J connectivity index is 2.28. The van der Waals surface area contributed by atoms with E-state index in [-0.39, 0.29) is 16.9 Å². The van der Waals surface area contributed by atoms with E-state index < -0.39 is 6.04 Å². The Bertz CT molecular complexity index is 633. The molecule has 0 fully saturated rings. The van der Waals surface area contributed by atoms with Gasteiger partial charge in [-0.2, -0.15) is 0 Å². The summed E-state index contributed by atoms with van der Waals surface area (Å²) in [6, 6.07) is 9.23. The van der Waals surface area contributed by atoms with Gasteiger partial charge < -0.3 is 4.90 Å². The molecule has 2 rings (SSSR count). The van der Waals surface area contributed by atoms with E-state index in [4.69, 9.17) is 11.6 Å². The van der Waals surface area contributed by atoms with Crippen molar-refractivity contribution in [3.05, 3.63) is 64.7 Å². The first-order valence-corrected chi connectivity index (χ1v) is 6.52. The van der Waals surface area contributed by atoms with Gasteiger partial charge in [0.05, 0.1) is 11.6 Å². The van der Waals surface area contributed by atoms with Gasteiger partial charge in [0.1, 0.15) is 11.0 Å². The Labute approximate surface area is 122 Å². The summed E-state index contributed by atoms with van der Waals surface area (Å²) in [5.74, 6) is -0.629. The van der Waals surface area contributed by atoms with Crippen molar-refractivity contribution in [2.45, 2.75) is 13.0 Å². The molecule has 104 valence electrons. The van der Waals surface area contributed by atoms with E-state index in [1.807, 2.05) is 0 Å². The zero-order valence-corrected chi connectivity index (χ0v) is 11.9. The molecule has 0 radical (unpaired) electrons. The average Bonchev–Trinajstić information content (AvgIpc) is 2.46. The molecule has 0 saturated heterocycles. The number of aromatic nitrogens is 1. The minimum atomic E-state index is -0.403. The van der Waals surface area contributed by atoms with Gasteiger partial charge in [-0.25, -0.2) is 9.37 Å². The second-order valence-corrected chi connectivity index (χ2v) is 4.81. The molecule has 0 N–H and O–H groups in total. The van der Waals surface area contributed by atoms with E-state index in [0.29, 0.717) is 11.1 Å². The molecule has 1 atom stereocenters. The first kappa shape index (κ1) is 14.5. The van der Waals surface area contributed by atoms with Crippen LogP contribution >= 0.6 is 11.6 Å². The van der Waals surface area contributed by atoms with E-state index in [2.05, 4.69) is 4.98 Å². The monoisotopic (exact) mass is 292 g/mol. The highest BCUT2D eigenvalue weighted by atomic mass is 35.5. The number of nitrogens with zero attached hydrogens (tertiary/aromatic N) is 2. The largest absolute Gasteiger partial charge is 0.335 e. The van der Waals surface area contributed by atoms with Crippen molar-refractivity contribution >= 4 is 17.5 Å². The first-order valence-electron chi connectivity index (χ1n) is 6.14. The van der Waals surface area contributed by atoms with E-state index in [1.165, 1.54) is 17.2 Å². The number of hydrogen-bond acceptors (Lipinski definition) is 2. The molecule has 1 heterocycles. The highest BCUT2D eigenvalue weighted by Gasteiger charge is 2.22. The van der Waals surface area contributed by atoms with Crippen LogP contribution in [0.1, 0.15) is 28.9 Å². The molecule has 1 unspecified atom stereocenters. The van der Waals surface area contributed by atoms with Gasteiger partial charge >= 0.3 is 0 Å². The third-order valence-corrected chi connectivity index (χ3v) is 3.55. The Morgan fingerprint density at radius 1 is 1.30 bits per heavy atom. The fourth-order valence-corrected chi connectivity index (χ4v) is 2.13. The van der Waals surface area contributed by atoms with Crippen LogP contribution in [0.25, 0.3) is 0 Å². The number of pyridine rings is 1. The fourth-order valence-electron chi connectivity index (χ4n) is 1.93. The zero-order valence-electron chi connectivity index (χ0n) is 11.2. The van der Waals surface area contributed by atoms with Crippen molar-refractivity contribution in [1.29, 1.82) is 0 Å². The molecule has 0 aliphatic rings. The molecule has 1 aromatic carbocycles. The number of carbonyl (C=O) groups is 1. The number of benzene rings is 1. The van der Waals surface area contributed by atoms with Crippen LogP contribution in [-0.2, 0) is 0 Å². The van der Waals surface area contributed by atoms with Crippen LogP contribution in [0.15, 0.2) is 42.6 Å². The van der Waals surface area contributed by atoms with Gasteiger partial charge in [0.15, 0.2) is 0 Å². The second kappa shape index (κ2) is 6.01. The number of amides is 1. The van der Waals surface area contributed by atoms with E-state index >= 15 is 0 Å². The minimum Gasteiger partial charge on any atom is -0.335 e. The van der Waals surface area contributed by atoms with Crippen LogP contribution in [-0.4, -0.2) is 22.8 Å². The maximum atomic E-state index is 13.8. The number of carbonyl (C=O) groups excluding carboxylic acids is 1. The highest BCUT2D eigenvalue weighted by Crippen LogP contribution is 2.24. The highest BCUT2D eigenvalue weighted by molar-refractivity contribution is 6.32. The molecule has 2 aromatic rings. The molecule has 1 aromatic heterocycles. The lowest BCUT2D eigenvalue weighted by molar-refractivity contribution is 0.0740. The fraction of sp³-hybridized carbons (Fsp3) is 0.200. The van der Waals surface area contributed by atoms with Gasteiger partial charge in [-0.15, -0.1) is 0 Å². The van der Waals surface area contributed by atoms with Crippen LogP contribution in [0.4, 0.5) is 4.39 Å². The number of halogens is 2. The number of hydrogen-bond donors (Lipinski definition) is 0. The third-order valence-electron chi connectivity index (χ3n) is 3.25. The van der Waals surface area contributed by atoms with E-state index in [1.54, 1.807) is 44.3 Å². The standard InChI is InChI=1S/C15H14ClFN2O/c1-10(11-6-3-4-8-13(11)17)19(2)15(20)12-7-5-9-18-14(12)16/h3-10H,1-2H3. The Hall–Kier alpha value is -1.94. The lowest BCUT2D eigenvalue weighted by Gasteiger charge is -2.25. The molecule has 5 heteroatoms. The summed E-state index contributed by atoms with van der Waals surface area (Å²) in [7, 11) is 1.61. The Morgan fingerprint density at radius 3 is 2.65 bits per heavy atom. The summed E-state index contributed by atoms with van der Waals surface area (Å²) in [5, 5.41) is 0.144. The van der Waals surface area contributed by atoms with Crippen molar-refractivity contribution in [2.75, 3.05) is 7.05 Å². The average molecular weight is 293 g/mol. The molecule has 1 amide bonds. The van der Waals surface area contributed by atoms with Gasteiger partial charge in [0.2, 0.25) is 0 Å². The second-order valence-electron chi connectivity index (χ2n) is 4.46. The van der Waals surface area contributed by atoms with Crippen LogP contribution in [0.2, 0.25) is 5.15 Å². The topological polar surface area (TPSA) is 33.2 Å². The van der Waals surface area contributed by atoms with Crippen molar-refractivity contribution in [3.63, 3.8) is 0 Å². The molecule has 0 aliphatic carbocycles. The van der Waals surface area contributed by atoms with Gasteiger partial charge in [-0.1, -0.05) is 29.8 Å². The number of rotatable bonds is 3. The molecule has 0 bridgehead atoms. The van der Waals surface area contributed by atoms with Gasteiger partial charge in [0.25, 0.3) is 5.91 Å². The van der Waals surface area contributed by atoms with E-state index in [9.17, 15) is 9.18 Å². The van der Waals surface area contributed by atoms with Crippen molar-refractivity contribution in [2.24, 2.45) is 0 Å². The van der Waals surface area contributed by atoms with Crippen LogP contribution in [0.5, 0.6) is 0 Å². The first-order chi connectivity index (χ1) is 9.52.